The molecule has 21 heavy (non-hydrogen) atoms. The summed E-state index contributed by atoms with van der Waals surface area (Å²) in [4.78, 5) is 25.7. The minimum Gasteiger partial charge on any atom is -0.376 e. The predicted octanol–water partition coefficient (Wildman–Crippen LogP) is 1.86. The van der Waals surface area contributed by atoms with Gasteiger partial charge in [-0.3, -0.25) is 9.59 Å². The lowest BCUT2D eigenvalue weighted by molar-refractivity contribution is -0.118. The Morgan fingerprint density at radius 2 is 1.86 bits per heavy atom. The highest BCUT2D eigenvalue weighted by atomic mass is 16.2. The molecule has 2 N–H and O–H groups in total. The molecule has 0 aromatic heterocycles. The van der Waals surface area contributed by atoms with E-state index in [-0.39, 0.29) is 18.4 Å². The Morgan fingerprint density at radius 3 is 2.52 bits per heavy atom. The van der Waals surface area contributed by atoms with E-state index in [1.807, 2.05) is 29.2 Å². The molecule has 5 heteroatoms. The van der Waals surface area contributed by atoms with Crippen LogP contribution in [-0.4, -0.2) is 43.4 Å². The SMILES string of the molecule is CNC(=O)CNc1cccc(C(=O)N2CCCCCC2)c1. The van der Waals surface area contributed by atoms with Crippen molar-refractivity contribution in [2.45, 2.75) is 25.7 Å². The number of likely N-dealkylation sites (N-methyl/N-ethyl adjacent to an activating group) is 1. The lowest BCUT2D eigenvalue weighted by Gasteiger charge is -2.20. The summed E-state index contributed by atoms with van der Waals surface area (Å²) in [5, 5.41) is 5.58. The van der Waals surface area contributed by atoms with Crippen molar-refractivity contribution < 1.29 is 9.59 Å². The quantitative estimate of drug-likeness (QED) is 0.889. The van der Waals surface area contributed by atoms with Gasteiger partial charge in [0.25, 0.3) is 5.91 Å². The van der Waals surface area contributed by atoms with E-state index in [0.717, 1.165) is 31.6 Å². The van der Waals surface area contributed by atoms with Crippen molar-refractivity contribution in [3.05, 3.63) is 29.8 Å². The third kappa shape index (κ3) is 4.48. The van der Waals surface area contributed by atoms with Gasteiger partial charge >= 0.3 is 0 Å². The summed E-state index contributed by atoms with van der Waals surface area (Å²) < 4.78 is 0. The molecule has 114 valence electrons. The van der Waals surface area contributed by atoms with Gasteiger partial charge < -0.3 is 15.5 Å². The second kappa shape index (κ2) is 7.67. The molecule has 1 heterocycles. The Morgan fingerprint density at radius 1 is 1.14 bits per heavy atom. The first-order chi connectivity index (χ1) is 10.2. The number of benzene rings is 1. The van der Waals surface area contributed by atoms with Gasteiger partial charge in [0.05, 0.1) is 6.54 Å². The molecule has 2 rings (SSSR count). The zero-order valence-corrected chi connectivity index (χ0v) is 12.5. The van der Waals surface area contributed by atoms with E-state index in [2.05, 4.69) is 10.6 Å². The van der Waals surface area contributed by atoms with Gasteiger partial charge in [0, 0.05) is 31.4 Å². The van der Waals surface area contributed by atoms with Crippen LogP contribution in [0.15, 0.2) is 24.3 Å². The molecular weight excluding hydrogens is 266 g/mol. The summed E-state index contributed by atoms with van der Waals surface area (Å²) in [5.41, 5.74) is 1.47. The van der Waals surface area contributed by atoms with Gasteiger partial charge in [-0.2, -0.15) is 0 Å². The van der Waals surface area contributed by atoms with Crippen LogP contribution in [0.5, 0.6) is 0 Å². The number of hydrogen-bond donors (Lipinski definition) is 2. The topological polar surface area (TPSA) is 61.4 Å². The first kappa shape index (κ1) is 15.4. The lowest BCUT2D eigenvalue weighted by atomic mass is 10.1. The summed E-state index contributed by atoms with van der Waals surface area (Å²) in [6.45, 7) is 1.89. The number of carbonyl (C=O) groups excluding carboxylic acids is 2. The molecule has 1 aromatic carbocycles. The van der Waals surface area contributed by atoms with Gasteiger partial charge in [-0.25, -0.2) is 0 Å². The van der Waals surface area contributed by atoms with E-state index in [1.165, 1.54) is 12.8 Å². The monoisotopic (exact) mass is 289 g/mol. The first-order valence-electron chi connectivity index (χ1n) is 7.54. The van der Waals surface area contributed by atoms with Crippen molar-refractivity contribution in [2.24, 2.45) is 0 Å². The van der Waals surface area contributed by atoms with Gasteiger partial charge in [-0.05, 0) is 31.0 Å². The molecule has 0 spiro atoms. The Balaban J connectivity index is 2.01. The molecule has 5 nitrogen and oxygen atoms in total. The maximum absolute atomic E-state index is 12.5. The number of likely N-dealkylation sites (tertiary alicyclic amines) is 1. The maximum Gasteiger partial charge on any atom is 0.253 e. The molecule has 0 unspecified atom stereocenters. The normalized spacial score (nSPS) is 15.2. The molecule has 0 radical (unpaired) electrons. The molecular formula is C16H23N3O2. The average Bonchev–Trinajstić information content (AvgIpc) is 2.81. The molecule has 1 aromatic rings. The molecule has 0 atom stereocenters. The predicted molar refractivity (Wildman–Crippen MR) is 83.4 cm³/mol. The first-order valence-corrected chi connectivity index (χ1v) is 7.54. The number of hydrogen-bond acceptors (Lipinski definition) is 3. The molecule has 1 fully saturated rings. The highest BCUT2D eigenvalue weighted by molar-refractivity contribution is 5.95. The van der Waals surface area contributed by atoms with Crippen molar-refractivity contribution >= 4 is 17.5 Å². The fraction of sp³-hybridized carbons (Fsp3) is 0.500. The average molecular weight is 289 g/mol. The minimum absolute atomic E-state index is 0.0838. The second-order valence-corrected chi connectivity index (χ2v) is 5.31. The lowest BCUT2D eigenvalue weighted by Crippen LogP contribution is -2.32. The smallest absolute Gasteiger partial charge is 0.253 e. The maximum atomic E-state index is 12.5. The van der Waals surface area contributed by atoms with Crippen LogP contribution in [0.3, 0.4) is 0 Å². The van der Waals surface area contributed by atoms with Gasteiger partial charge in [-0.15, -0.1) is 0 Å². The van der Waals surface area contributed by atoms with Crippen LogP contribution in [-0.2, 0) is 4.79 Å². The molecule has 1 saturated heterocycles. The summed E-state index contributed by atoms with van der Waals surface area (Å²) >= 11 is 0. The molecule has 2 amide bonds. The summed E-state index contributed by atoms with van der Waals surface area (Å²) in [6, 6.07) is 7.36. The van der Waals surface area contributed by atoms with E-state index < -0.39 is 0 Å². The van der Waals surface area contributed by atoms with Crippen molar-refractivity contribution in [1.29, 1.82) is 0 Å². The molecule has 0 saturated carbocycles. The summed E-state index contributed by atoms with van der Waals surface area (Å²) in [5.74, 6) is -0.000240. The van der Waals surface area contributed by atoms with Crippen molar-refractivity contribution in [1.82, 2.24) is 10.2 Å². The van der Waals surface area contributed by atoms with E-state index >= 15 is 0 Å². The highest BCUT2D eigenvalue weighted by Crippen LogP contribution is 2.16. The standard InChI is InChI=1S/C16H23N3O2/c1-17-15(20)12-18-14-8-6-7-13(11-14)16(21)19-9-4-2-3-5-10-19/h6-8,11,18H,2-5,9-10,12H2,1H3,(H,17,20). The Kier molecular flexibility index (Phi) is 5.60. The minimum atomic E-state index is -0.0840. The van der Waals surface area contributed by atoms with Crippen molar-refractivity contribution in [3.8, 4) is 0 Å². The summed E-state index contributed by atoms with van der Waals surface area (Å²) in [6.07, 6.45) is 4.58. The van der Waals surface area contributed by atoms with Crippen LogP contribution >= 0.6 is 0 Å². The zero-order valence-electron chi connectivity index (χ0n) is 12.5. The number of rotatable bonds is 4. The Bertz CT molecular complexity index is 494. The highest BCUT2D eigenvalue weighted by Gasteiger charge is 2.17. The third-order valence-corrected chi connectivity index (χ3v) is 3.73. The van der Waals surface area contributed by atoms with Crippen LogP contribution < -0.4 is 10.6 Å². The number of carbonyl (C=O) groups is 2. The van der Waals surface area contributed by atoms with E-state index in [0.29, 0.717) is 5.56 Å². The van der Waals surface area contributed by atoms with Gasteiger partial charge in [-0.1, -0.05) is 18.9 Å². The van der Waals surface area contributed by atoms with Crippen LogP contribution in [0.25, 0.3) is 0 Å². The molecule has 0 bridgehead atoms. The van der Waals surface area contributed by atoms with E-state index in [1.54, 1.807) is 7.05 Å². The van der Waals surface area contributed by atoms with Gasteiger partial charge in [0.15, 0.2) is 0 Å². The largest absolute Gasteiger partial charge is 0.376 e. The molecule has 0 aliphatic carbocycles. The number of nitrogens with zero attached hydrogens (tertiary/aromatic N) is 1. The van der Waals surface area contributed by atoms with Crippen LogP contribution in [0.4, 0.5) is 5.69 Å². The van der Waals surface area contributed by atoms with Crippen LogP contribution in [0, 0.1) is 0 Å². The van der Waals surface area contributed by atoms with Crippen LogP contribution in [0.1, 0.15) is 36.0 Å². The Hall–Kier alpha value is -2.04. The van der Waals surface area contributed by atoms with E-state index in [9.17, 15) is 9.59 Å². The van der Waals surface area contributed by atoms with Gasteiger partial charge in [0.1, 0.15) is 0 Å². The van der Waals surface area contributed by atoms with Crippen molar-refractivity contribution in [3.63, 3.8) is 0 Å². The number of anilines is 1. The Labute approximate surface area is 125 Å². The van der Waals surface area contributed by atoms with E-state index in [4.69, 9.17) is 0 Å². The fourth-order valence-corrected chi connectivity index (χ4v) is 2.49. The summed E-state index contributed by atoms with van der Waals surface area (Å²) in [7, 11) is 1.60. The fourth-order valence-electron chi connectivity index (χ4n) is 2.49. The number of amides is 2. The van der Waals surface area contributed by atoms with Crippen molar-refractivity contribution in [2.75, 3.05) is 32.0 Å². The second-order valence-electron chi connectivity index (χ2n) is 5.31. The molecule has 1 aliphatic heterocycles. The van der Waals surface area contributed by atoms with Crippen LogP contribution in [0.2, 0.25) is 0 Å². The zero-order chi connectivity index (χ0) is 15.1. The third-order valence-electron chi connectivity index (χ3n) is 3.73. The number of nitrogens with one attached hydrogen (secondary N) is 2. The molecule has 1 aliphatic rings. The van der Waals surface area contributed by atoms with Gasteiger partial charge in [0.2, 0.25) is 5.91 Å².